The van der Waals surface area contributed by atoms with Gasteiger partial charge in [0, 0.05) is 29.3 Å². The number of nitro benzene ring substituents is 1. The molecular formula is C24H26N6O3S. The van der Waals surface area contributed by atoms with Crippen molar-refractivity contribution >= 4 is 35.0 Å². The van der Waals surface area contributed by atoms with Crippen molar-refractivity contribution in [2.24, 2.45) is 0 Å². The number of hydrogen-bond donors (Lipinski definition) is 2. The fourth-order valence-corrected chi connectivity index (χ4v) is 4.53. The Morgan fingerprint density at radius 3 is 2.62 bits per heavy atom. The second kappa shape index (κ2) is 9.68. The van der Waals surface area contributed by atoms with Gasteiger partial charge in [0.05, 0.1) is 10.5 Å². The van der Waals surface area contributed by atoms with Crippen LogP contribution < -0.4 is 10.6 Å². The normalized spacial score (nSPS) is 15.0. The van der Waals surface area contributed by atoms with Crippen LogP contribution in [0.1, 0.15) is 43.0 Å². The summed E-state index contributed by atoms with van der Waals surface area (Å²) in [4.78, 5) is 28.9. The van der Waals surface area contributed by atoms with E-state index in [9.17, 15) is 14.9 Å². The molecule has 3 aromatic rings. The maximum absolute atomic E-state index is 13.6. The number of aromatic nitrogens is 3. The first-order valence-corrected chi connectivity index (χ1v) is 12.0. The zero-order chi connectivity index (χ0) is 24.4. The first-order valence-electron chi connectivity index (χ1n) is 11.0. The van der Waals surface area contributed by atoms with Crippen molar-refractivity contribution in [1.29, 1.82) is 0 Å². The van der Waals surface area contributed by atoms with Gasteiger partial charge in [0.25, 0.3) is 11.6 Å². The lowest BCUT2D eigenvalue weighted by atomic mass is 9.94. The smallest absolute Gasteiger partial charge is 0.269 e. The van der Waals surface area contributed by atoms with Gasteiger partial charge >= 0.3 is 0 Å². The molecule has 0 bridgehead atoms. The van der Waals surface area contributed by atoms with Gasteiger partial charge in [0.1, 0.15) is 6.04 Å². The number of carbonyl (C=O) groups excluding carboxylic acids is 1. The molecular weight excluding hydrogens is 452 g/mol. The van der Waals surface area contributed by atoms with Gasteiger partial charge in [-0.05, 0) is 62.1 Å². The van der Waals surface area contributed by atoms with Crippen LogP contribution in [0.2, 0.25) is 0 Å². The predicted octanol–water partition coefficient (Wildman–Crippen LogP) is 5.23. The Morgan fingerprint density at radius 2 is 1.94 bits per heavy atom. The summed E-state index contributed by atoms with van der Waals surface area (Å²) >= 11 is 1.54. The van der Waals surface area contributed by atoms with Crippen LogP contribution in [0.3, 0.4) is 0 Å². The van der Waals surface area contributed by atoms with Crippen LogP contribution in [0.25, 0.3) is 0 Å². The number of nitrogens with one attached hydrogen (secondary N) is 2. The van der Waals surface area contributed by atoms with Gasteiger partial charge in [0.15, 0.2) is 0 Å². The summed E-state index contributed by atoms with van der Waals surface area (Å²) in [7, 11) is 0. The number of rotatable bonds is 7. The molecule has 0 saturated carbocycles. The van der Waals surface area contributed by atoms with E-state index in [1.54, 1.807) is 28.6 Å². The van der Waals surface area contributed by atoms with Gasteiger partial charge in [-0.2, -0.15) is 4.98 Å². The molecule has 1 aliphatic heterocycles. The molecule has 0 aliphatic carbocycles. The van der Waals surface area contributed by atoms with Gasteiger partial charge in [-0.15, -0.1) is 5.10 Å². The van der Waals surface area contributed by atoms with Gasteiger partial charge < -0.3 is 10.6 Å². The Bertz CT molecular complexity index is 1280. The molecule has 2 heterocycles. The summed E-state index contributed by atoms with van der Waals surface area (Å²) < 4.78 is 1.68. The van der Waals surface area contributed by atoms with Crippen LogP contribution in [0.5, 0.6) is 0 Å². The SMILES string of the molecule is CCCSc1nc2n(n1)C(c1ccc([N+](=O)[O-])cc1)C(C(=O)Nc1cccc(C)c1C)=C(C)N2. The molecule has 0 saturated heterocycles. The molecule has 1 atom stereocenters. The zero-order valence-electron chi connectivity index (χ0n) is 19.5. The summed E-state index contributed by atoms with van der Waals surface area (Å²) in [6, 6.07) is 11.4. The van der Waals surface area contributed by atoms with E-state index < -0.39 is 11.0 Å². The first kappa shape index (κ1) is 23.5. The van der Waals surface area contributed by atoms with Crippen molar-refractivity contribution in [3.8, 4) is 0 Å². The van der Waals surface area contributed by atoms with Crippen LogP contribution in [0, 0.1) is 24.0 Å². The second-order valence-corrected chi connectivity index (χ2v) is 9.19. The second-order valence-electron chi connectivity index (χ2n) is 8.13. The summed E-state index contributed by atoms with van der Waals surface area (Å²) in [6.07, 6.45) is 0.981. The number of nitrogens with zero attached hydrogens (tertiary/aromatic N) is 4. The topological polar surface area (TPSA) is 115 Å². The molecule has 1 unspecified atom stereocenters. The lowest BCUT2D eigenvalue weighted by Gasteiger charge is -2.28. The highest BCUT2D eigenvalue weighted by atomic mass is 32.2. The predicted molar refractivity (Wildman–Crippen MR) is 133 cm³/mol. The molecule has 1 amide bonds. The molecule has 9 nitrogen and oxygen atoms in total. The van der Waals surface area contributed by atoms with Gasteiger partial charge in [-0.25, -0.2) is 4.68 Å². The number of non-ortho nitro benzene ring substituents is 1. The summed E-state index contributed by atoms with van der Waals surface area (Å²) in [5, 5.41) is 22.7. The van der Waals surface area contributed by atoms with E-state index in [4.69, 9.17) is 0 Å². The standard InChI is InChI=1S/C24H26N6O3S/c1-5-13-34-24-27-23-25-16(4)20(22(31)26-19-8-6-7-14(2)15(19)3)21(29(23)28-24)17-9-11-18(12-10-17)30(32)33/h6-12,21H,5,13H2,1-4H3,(H,26,31)(H,25,27,28). The maximum Gasteiger partial charge on any atom is 0.269 e. The number of amides is 1. The Hall–Kier alpha value is -3.66. The van der Waals surface area contributed by atoms with Crippen LogP contribution in [-0.2, 0) is 4.79 Å². The molecule has 2 N–H and O–H groups in total. The molecule has 4 rings (SSSR count). The van der Waals surface area contributed by atoms with Crippen molar-refractivity contribution in [2.75, 3.05) is 16.4 Å². The number of fused-ring (bicyclic) bond motifs is 1. The molecule has 0 radical (unpaired) electrons. The number of allylic oxidation sites excluding steroid dienone is 1. The van der Waals surface area contributed by atoms with E-state index in [0.717, 1.165) is 29.0 Å². The highest BCUT2D eigenvalue weighted by Gasteiger charge is 2.34. The quantitative estimate of drug-likeness (QED) is 0.271. The fraction of sp³-hybridized carbons (Fsp3) is 0.292. The molecule has 1 aromatic heterocycles. The molecule has 10 heteroatoms. The number of thioether (sulfide) groups is 1. The number of hydrogen-bond acceptors (Lipinski definition) is 7. The molecule has 0 spiro atoms. The summed E-state index contributed by atoms with van der Waals surface area (Å²) in [5.41, 5.74) is 4.61. The van der Waals surface area contributed by atoms with Crippen LogP contribution in [0.4, 0.5) is 17.3 Å². The minimum atomic E-state index is -0.592. The minimum absolute atomic E-state index is 0.0159. The van der Waals surface area contributed by atoms with Crippen molar-refractivity contribution in [2.45, 2.75) is 45.3 Å². The third-order valence-electron chi connectivity index (χ3n) is 5.79. The monoisotopic (exact) mass is 478 g/mol. The number of nitro groups is 1. The first-order chi connectivity index (χ1) is 16.3. The summed E-state index contributed by atoms with van der Waals surface area (Å²) in [6.45, 7) is 7.87. The van der Waals surface area contributed by atoms with Gasteiger partial charge in [0.2, 0.25) is 11.1 Å². The van der Waals surface area contributed by atoms with Crippen molar-refractivity contribution in [1.82, 2.24) is 14.8 Å². The van der Waals surface area contributed by atoms with Crippen molar-refractivity contribution in [3.63, 3.8) is 0 Å². The van der Waals surface area contributed by atoms with E-state index in [1.807, 2.05) is 39.0 Å². The average molecular weight is 479 g/mol. The fourth-order valence-electron chi connectivity index (χ4n) is 3.84. The molecule has 0 fully saturated rings. The third kappa shape index (κ3) is 4.54. The van der Waals surface area contributed by atoms with E-state index in [-0.39, 0.29) is 11.6 Å². The number of benzene rings is 2. The van der Waals surface area contributed by atoms with Crippen LogP contribution >= 0.6 is 11.8 Å². The molecule has 2 aromatic carbocycles. The van der Waals surface area contributed by atoms with E-state index in [0.29, 0.717) is 27.9 Å². The summed E-state index contributed by atoms with van der Waals surface area (Å²) in [5.74, 6) is 1.13. The average Bonchev–Trinajstić information content (AvgIpc) is 3.22. The van der Waals surface area contributed by atoms with Crippen LogP contribution in [0.15, 0.2) is 58.9 Å². The Balaban J connectivity index is 1.77. The van der Waals surface area contributed by atoms with Gasteiger partial charge in [-0.1, -0.05) is 30.8 Å². The Kier molecular flexibility index (Phi) is 6.69. The highest BCUT2D eigenvalue weighted by molar-refractivity contribution is 7.99. The van der Waals surface area contributed by atoms with E-state index >= 15 is 0 Å². The minimum Gasteiger partial charge on any atom is -0.328 e. The molecule has 176 valence electrons. The number of aryl methyl sites for hydroxylation is 1. The lowest BCUT2D eigenvalue weighted by molar-refractivity contribution is -0.384. The highest BCUT2D eigenvalue weighted by Crippen LogP contribution is 2.37. The molecule has 34 heavy (non-hydrogen) atoms. The maximum atomic E-state index is 13.6. The molecule has 1 aliphatic rings. The van der Waals surface area contributed by atoms with E-state index in [1.165, 1.54) is 12.1 Å². The van der Waals surface area contributed by atoms with E-state index in [2.05, 4.69) is 27.6 Å². The zero-order valence-corrected chi connectivity index (χ0v) is 20.3. The number of carbonyl (C=O) groups is 1. The van der Waals surface area contributed by atoms with Crippen molar-refractivity contribution < 1.29 is 9.72 Å². The van der Waals surface area contributed by atoms with Crippen molar-refractivity contribution in [3.05, 3.63) is 80.5 Å². The van der Waals surface area contributed by atoms with Gasteiger partial charge in [-0.3, -0.25) is 14.9 Å². The Morgan fingerprint density at radius 1 is 1.21 bits per heavy atom. The largest absolute Gasteiger partial charge is 0.328 e. The van der Waals surface area contributed by atoms with Crippen LogP contribution in [-0.4, -0.2) is 31.3 Å². The lowest BCUT2D eigenvalue weighted by Crippen LogP contribution is -2.31. The third-order valence-corrected chi connectivity index (χ3v) is 6.83. The Labute approximate surface area is 201 Å². The number of anilines is 2.